The topological polar surface area (TPSA) is 196 Å². The van der Waals surface area contributed by atoms with Crippen molar-refractivity contribution in [3.63, 3.8) is 0 Å². The number of aliphatic hydroxyl groups excluding tert-OH is 3. The van der Waals surface area contributed by atoms with E-state index in [1.54, 1.807) is 12.1 Å². The molecular formula is C30H26O12. The van der Waals surface area contributed by atoms with Crippen LogP contribution in [0.2, 0.25) is 0 Å². The van der Waals surface area contributed by atoms with Crippen molar-refractivity contribution >= 4 is 23.0 Å². The van der Waals surface area contributed by atoms with E-state index in [1.807, 2.05) is 0 Å². The number of carbonyl (C=O) groups excluding carboxylic acids is 1. The van der Waals surface area contributed by atoms with Gasteiger partial charge in [-0.15, -0.1) is 0 Å². The molecule has 6 N–H and O–H groups in total. The molecular weight excluding hydrogens is 552 g/mol. The maximum absolute atomic E-state index is 12.8. The van der Waals surface area contributed by atoms with E-state index in [4.69, 9.17) is 18.6 Å². The number of phenolic OH excluding ortho intramolecular Hbond substituents is 3. The maximum atomic E-state index is 12.8. The number of carbonyl (C=O) groups is 1. The Kier molecular flexibility index (Phi) is 8.13. The lowest BCUT2D eigenvalue weighted by molar-refractivity contribution is -0.281. The number of hydrogen-bond donors (Lipinski definition) is 6. The number of rotatable bonds is 7. The summed E-state index contributed by atoms with van der Waals surface area (Å²) in [7, 11) is 0. The van der Waals surface area contributed by atoms with Gasteiger partial charge >= 0.3 is 5.97 Å². The average Bonchev–Trinajstić information content (AvgIpc) is 2.96. The van der Waals surface area contributed by atoms with Crippen LogP contribution in [0.3, 0.4) is 0 Å². The fourth-order valence-corrected chi connectivity index (χ4v) is 4.41. The molecule has 1 aliphatic rings. The summed E-state index contributed by atoms with van der Waals surface area (Å²) in [6.45, 7) is -0.701. The number of fused-ring (bicyclic) bond motifs is 1. The highest BCUT2D eigenvalue weighted by molar-refractivity contribution is 5.87. The quantitative estimate of drug-likeness (QED) is 0.138. The van der Waals surface area contributed by atoms with Crippen LogP contribution in [0, 0.1) is 0 Å². The molecule has 1 aromatic heterocycles. The molecule has 1 saturated heterocycles. The molecule has 3 aromatic carbocycles. The summed E-state index contributed by atoms with van der Waals surface area (Å²) >= 11 is 0. The molecule has 218 valence electrons. The molecule has 0 unspecified atom stereocenters. The van der Waals surface area contributed by atoms with E-state index in [-0.39, 0.29) is 34.0 Å². The summed E-state index contributed by atoms with van der Waals surface area (Å²) in [5.74, 6) is -1.33. The largest absolute Gasteiger partial charge is 0.508 e. The molecule has 0 aliphatic carbocycles. The highest BCUT2D eigenvalue weighted by Gasteiger charge is 2.48. The molecule has 0 radical (unpaired) electrons. The number of ether oxygens (including phenoxy) is 3. The molecule has 12 heteroatoms. The van der Waals surface area contributed by atoms with Crippen molar-refractivity contribution < 1.29 is 54.1 Å². The highest BCUT2D eigenvalue weighted by atomic mass is 16.7. The van der Waals surface area contributed by atoms with E-state index in [0.717, 1.165) is 12.1 Å². The first-order valence-corrected chi connectivity index (χ1v) is 12.7. The molecule has 1 aliphatic heterocycles. The molecule has 4 aromatic rings. The number of esters is 1. The van der Waals surface area contributed by atoms with E-state index < -0.39 is 54.5 Å². The molecule has 2 heterocycles. The van der Waals surface area contributed by atoms with Crippen molar-refractivity contribution in [2.24, 2.45) is 0 Å². The summed E-state index contributed by atoms with van der Waals surface area (Å²) in [5, 5.41) is 60.2. The fourth-order valence-electron chi connectivity index (χ4n) is 4.41. The van der Waals surface area contributed by atoms with Crippen molar-refractivity contribution in [1.82, 2.24) is 0 Å². The maximum Gasteiger partial charge on any atom is 0.331 e. The minimum atomic E-state index is -1.74. The first kappa shape index (κ1) is 28.6. The predicted molar refractivity (Wildman–Crippen MR) is 147 cm³/mol. The Balaban J connectivity index is 1.43. The van der Waals surface area contributed by atoms with Crippen LogP contribution < -0.4 is 10.2 Å². The second kappa shape index (κ2) is 11.9. The van der Waals surface area contributed by atoms with Crippen molar-refractivity contribution in [3.8, 4) is 34.3 Å². The number of benzene rings is 3. The van der Waals surface area contributed by atoms with Crippen LogP contribution >= 0.6 is 0 Å². The van der Waals surface area contributed by atoms with Gasteiger partial charge in [0.1, 0.15) is 58.0 Å². The second-order valence-electron chi connectivity index (χ2n) is 9.49. The molecule has 0 amide bonds. The van der Waals surface area contributed by atoms with Crippen LogP contribution in [0.15, 0.2) is 82.0 Å². The van der Waals surface area contributed by atoms with E-state index in [0.29, 0.717) is 11.1 Å². The Morgan fingerprint density at radius 2 is 1.57 bits per heavy atom. The Morgan fingerprint density at radius 3 is 2.24 bits per heavy atom. The van der Waals surface area contributed by atoms with Crippen LogP contribution in [0.1, 0.15) is 5.56 Å². The van der Waals surface area contributed by atoms with Crippen LogP contribution in [-0.4, -0.2) is 73.9 Å². The van der Waals surface area contributed by atoms with Gasteiger partial charge in [0.05, 0.1) is 6.61 Å². The van der Waals surface area contributed by atoms with Crippen LogP contribution in [0.5, 0.6) is 23.0 Å². The molecule has 5 atom stereocenters. The molecule has 0 spiro atoms. The summed E-state index contributed by atoms with van der Waals surface area (Å²) in [5.41, 5.74) is 0.422. The normalized spacial score (nSPS) is 22.3. The molecule has 42 heavy (non-hydrogen) atoms. The summed E-state index contributed by atoms with van der Waals surface area (Å²) in [6, 6.07) is 15.4. The second-order valence-corrected chi connectivity index (χ2v) is 9.49. The third kappa shape index (κ3) is 6.06. The number of aromatic hydroxyl groups is 3. The van der Waals surface area contributed by atoms with Gasteiger partial charge in [-0.1, -0.05) is 12.1 Å². The van der Waals surface area contributed by atoms with Crippen molar-refractivity contribution in [2.45, 2.75) is 30.7 Å². The van der Waals surface area contributed by atoms with Gasteiger partial charge in [-0.3, -0.25) is 4.79 Å². The van der Waals surface area contributed by atoms with E-state index in [9.17, 15) is 40.2 Å². The van der Waals surface area contributed by atoms with Crippen LogP contribution in [0.4, 0.5) is 0 Å². The molecule has 12 nitrogen and oxygen atoms in total. The number of phenols is 3. The zero-order valence-electron chi connectivity index (χ0n) is 21.7. The number of hydrogen-bond acceptors (Lipinski definition) is 12. The van der Waals surface area contributed by atoms with Gasteiger partial charge < -0.3 is 49.3 Å². The van der Waals surface area contributed by atoms with Crippen molar-refractivity contribution in [3.05, 3.63) is 88.6 Å². The lowest BCUT2D eigenvalue weighted by atomic mass is 9.99. The van der Waals surface area contributed by atoms with Crippen LogP contribution in [0.25, 0.3) is 28.4 Å². The van der Waals surface area contributed by atoms with Gasteiger partial charge in [0.2, 0.25) is 6.29 Å². The van der Waals surface area contributed by atoms with E-state index >= 15 is 0 Å². The lowest BCUT2D eigenvalue weighted by Gasteiger charge is -2.41. The number of aliphatic hydroxyl groups is 3. The van der Waals surface area contributed by atoms with Gasteiger partial charge in [-0.05, 0) is 48.0 Å². The first-order chi connectivity index (χ1) is 20.1. The third-order valence-corrected chi connectivity index (χ3v) is 6.57. The fraction of sp³-hybridized carbons (Fsp3) is 0.200. The van der Waals surface area contributed by atoms with Crippen molar-refractivity contribution in [1.29, 1.82) is 0 Å². The monoisotopic (exact) mass is 578 g/mol. The van der Waals surface area contributed by atoms with Gasteiger partial charge in [-0.2, -0.15) is 0 Å². The smallest absolute Gasteiger partial charge is 0.331 e. The Morgan fingerprint density at radius 1 is 0.905 bits per heavy atom. The molecule has 0 bridgehead atoms. The summed E-state index contributed by atoms with van der Waals surface area (Å²) in [4.78, 5) is 25.4. The first-order valence-electron chi connectivity index (χ1n) is 12.7. The summed E-state index contributed by atoms with van der Waals surface area (Å²) < 4.78 is 22.6. The standard InChI is InChI=1S/C30H26O12/c31-14-24-27(37)28(38)29(42-25(36)10-3-15-1-6-17(32)7-2-15)30(41-24)39-19-11-20(34)26-21(35)13-22(40-23(26)12-19)16-4-8-18(33)9-5-16/h1-13,24,27-34,37-38H,14H2/b10-3+/t24-,27+,28-,29+,30+/m0/s1. The minimum Gasteiger partial charge on any atom is -0.508 e. The highest BCUT2D eigenvalue weighted by Crippen LogP contribution is 2.34. The van der Waals surface area contributed by atoms with E-state index in [2.05, 4.69) is 0 Å². The molecule has 0 saturated carbocycles. The lowest BCUT2D eigenvalue weighted by Crippen LogP contribution is -2.61. The molecule has 1 fully saturated rings. The van der Waals surface area contributed by atoms with Gasteiger partial charge in [-0.25, -0.2) is 4.79 Å². The predicted octanol–water partition coefficient (Wildman–Crippen LogP) is 2.02. The van der Waals surface area contributed by atoms with Gasteiger partial charge in [0, 0.05) is 29.8 Å². The average molecular weight is 579 g/mol. The minimum absolute atomic E-state index is 0.0160. The van der Waals surface area contributed by atoms with Gasteiger partial charge in [0.25, 0.3) is 0 Å². The van der Waals surface area contributed by atoms with Crippen LogP contribution in [-0.2, 0) is 14.3 Å². The Hall–Kier alpha value is -4.88. The van der Waals surface area contributed by atoms with Crippen molar-refractivity contribution in [2.75, 3.05) is 6.61 Å². The Labute approximate surface area is 237 Å². The van der Waals surface area contributed by atoms with Gasteiger partial charge in [0.15, 0.2) is 11.5 Å². The zero-order valence-corrected chi connectivity index (χ0v) is 21.7. The summed E-state index contributed by atoms with van der Waals surface area (Å²) in [6.07, 6.45) is -5.38. The molecule has 5 rings (SSSR count). The third-order valence-electron chi connectivity index (χ3n) is 6.57. The Bertz CT molecular complexity index is 1660. The SMILES string of the molecule is O=C(/C=C/c1ccc(O)cc1)O[C@H]1[C@H](Oc2cc(O)c3c(=O)cc(-c4ccc(O)cc4)oc3c2)O[C@@H](CO)[C@@H](O)[C@@H]1O. The zero-order chi connectivity index (χ0) is 30.0. The van der Waals surface area contributed by atoms with E-state index in [1.165, 1.54) is 54.6 Å².